The molecule has 1 aromatic carbocycles. The van der Waals surface area contributed by atoms with Gasteiger partial charge in [0.25, 0.3) is 0 Å². The number of pyridine rings is 1. The molecule has 21 heavy (non-hydrogen) atoms. The first-order valence-corrected chi connectivity index (χ1v) is 7.16. The van der Waals surface area contributed by atoms with E-state index in [4.69, 9.17) is 11.6 Å². The van der Waals surface area contributed by atoms with Crippen LogP contribution < -0.4 is 0 Å². The Morgan fingerprint density at radius 1 is 1.24 bits per heavy atom. The second kappa shape index (κ2) is 7.56. The molecule has 3 nitrogen and oxygen atoms in total. The molecule has 0 fully saturated rings. The van der Waals surface area contributed by atoms with Crippen LogP contribution in [-0.2, 0) is 11.2 Å². The third kappa shape index (κ3) is 4.40. The highest BCUT2D eigenvalue weighted by molar-refractivity contribution is 6.30. The molecule has 0 amide bonds. The molecule has 0 spiro atoms. The third-order valence-electron chi connectivity index (χ3n) is 3.24. The van der Waals surface area contributed by atoms with Crippen LogP contribution in [-0.4, -0.2) is 10.8 Å². The molecule has 4 heteroatoms. The molecule has 1 aromatic heterocycles. The number of benzene rings is 1. The zero-order valence-electron chi connectivity index (χ0n) is 11.5. The number of carbonyl (C=O) groups excluding carboxylic acids is 1. The van der Waals surface area contributed by atoms with Crippen LogP contribution in [0.15, 0.2) is 48.7 Å². The Kier molecular flexibility index (Phi) is 5.48. The lowest BCUT2D eigenvalue weighted by Crippen LogP contribution is -2.12. The minimum absolute atomic E-state index is 0.0786. The minimum Gasteiger partial charge on any atom is -0.298 e. The number of ketones is 1. The highest BCUT2D eigenvalue weighted by Crippen LogP contribution is 2.17. The summed E-state index contributed by atoms with van der Waals surface area (Å²) in [6, 6.07) is 14.9. The van der Waals surface area contributed by atoms with Gasteiger partial charge in [-0.1, -0.05) is 29.8 Å². The Hall–Kier alpha value is -2.18. The number of hydrogen-bond acceptors (Lipinski definition) is 3. The SMILES string of the molecule is N#C[C@H](C(=O)CCCc1ccc(Cl)cc1)c1ccccn1. The van der Waals surface area contributed by atoms with Gasteiger partial charge in [0.05, 0.1) is 11.8 Å². The lowest BCUT2D eigenvalue weighted by molar-refractivity contribution is -0.119. The Labute approximate surface area is 129 Å². The molecule has 0 saturated carbocycles. The second-order valence-corrected chi connectivity index (χ2v) is 5.20. The van der Waals surface area contributed by atoms with E-state index in [0.717, 1.165) is 12.0 Å². The number of rotatable bonds is 6. The van der Waals surface area contributed by atoms with Crippen LogP contribution in [0.4, 0.5) is 0 Å². The van der Waals surface area contributed by atoms with E-state index >= 15 is 0 Å². The van der Waals surface area contributed by atoms with Crippen LogP contribution in [0.3, 0.4) is 0 Å². The summed E-state index contributed by atoms with van der Waals surface area (Å²) in [5.74, 6) is -0.846. The highest BCUT2D eigenvalue weighted by atomic mass is 35.5. The molecule has 2 aromatic rings. The molecule has 0 aliphatic rings. The first kappa shape index (κ1) is 15.2. The van der Waals surface area contributed by atoms with Crippen molar-refractivity contribution < 1.29 is 4.79 Å². The van der Waals surface area contributed by atoms with Crippen molar-refractivity contribution in [2.45, 2.75) is 25.2 Å². The van der Waals surface area contributed by atoms with Crippen molar-refractivity contribution in [3.05, 3.63) is 64.9 Å². The van der Waals surface area contributed by atoms with Crippen LogP contribution in [0.1, 0.15) is 30.0 Å². The van der Waals surface area contributed by atoms with Gasteiger partial charge in [0.1, 0.15) is 5.92 Å². The average molecular weight is 299 g/mol. The smallest absolute Gasteiger partial charge is 0.156 e. The predicted octanol–water partition coefficient (Wildman–Crippen LogP) is 3.93. The average Bonchev–Trinajstić information content (AvgIpc) is 2.51. The quantitative estimate of drug-likeness (QED) is 0.812. The number of nitrogens with zero attached hydrogens (tertiary/aromatic N) is 2. The van der Waals surface area contributed by atoms with E-state index in [0.29, 0.717) is 23.6 Å². The van der Waals surface area contributed by atoms with Crippen molar-refractivity contribution >= 4 is 17.4 Å². The normalized spacial score (nSPS) is 11.6. The molecule has 0 aliphatic carbocycles. The van der Waals surface area contributed by atoms with E-state index < -0.39 is 5.92 Å². The number of carbonyl (C=O) groups is 1. The summed E-state index contributed by atoms with van der Waals surface area (Å²) >= 11 is 5.83. The zero-order chi connectivity index (χ0) is 15.1. The van der Waals surface area contributed by atoms with Gasteiger partial charge in [0.2, 0.25) is 0 Å². The molecular weight excluding hydrogens is 284 g/mol. The molecule has 0 N–H and O–H groups in total. The number of aryl methyl sites for hydroxylation is 1. The van der Waals surface area contributed by atoms with Gasteiger partial charge in [0, 0.05) is 17.6 Å². The minimum atomic E-state index is -0.767. The van der Waals surface area contributed by atoms with E-state index in [1.165, 1.54) is 0 Å². The maximum Gasteiger partial charge on any atom is 0.156 e. The Balaban J connectivity index is 1.89. The van der Waals surface area contributed by atoms with Crippen LogP contribution >= 0.6 is 11.6 Å². The van der Waals surface area contributed by atoms with Crippen molar-refractivity contribution in [1.82, 2.24) is 4.98 Å². The molecular formula is C17H15ClN2O. The van der Waals surface area contributed by atoms with Crippen molar-refractivity contribution in [1.29, 1.82) is 5.26 Å². The van der Waals surface area contributed by atoms with E-state index in [-0.39, 0.29) is 5.78 Å². The van der Waals surface area contributed by atoms with Crippen molar-refractivity contribution in [2.75, 3.05) is 0 Å². The molecule has 106 valence electrons. The highest BCUT2D eigenvalue weighted by Gasteiger charge is 2.20. The molecule has 0 aliphatic heterocycles. The summed E-state index contributed by atoms with van der Waals surface area (Å²) in [5.41, 5.74) is 1.66. The summed E-state index contributed by atoms with van der Waals surface area (Å²) in [6.45, 7) is 0. The molecule has 2 rings (SSSR count). The van der Waals surface area contributed by atoms with Gasteiger partial charge in [-0.3, -0.25) is 9.78 Å². The molecule has 1 heterocycles. The summed E-state index contributed by atoms with van der Waals surface area (Å²) < 4.78 is 0. The molecule has 0 unspecified atom stereocenters. The standard InChI is InChI=1S/C17H15ClN2O/c18-14-9-7-13(8-10-14)4-3-6-17(21)15(12-19)16-5-1-2-11-20-16/h1-2,5,7-11,15H,3-4,6H2/t15-/m0/s1. The van der Waals surface area contributed by atoms with Crippen LogP contribution in [0, 0.1) is 11.3 Å². The Morgan fingerprint density at radius 3 is 2.62 bits per heavy atom. The van der Waals surface area contributed by atoms with Gasteiger partial charge >= 0.3 is 0 Å². The fourth-order valence-electron chi connectivity index (χ4n) is 2.11. The van der Waals surface area contributed by atoms with Gasteiger partial charge in [0.15, 0.2) is 5.78 Å². The lowest BCUT2D eigenvalue weighted by atomic mass is 9.96. The maximum absolute atomic E-state index is 12.1. The van der Waals surface area contributed by atoms with E-state index in [9.17, 15) is 10.1 Å². The number of halogens is 1. The van der Waals surface area contributed by atoms with Gasteiger partial charge in [-0.05, 0) is 42.7 Å². The lowest BCUT2D eigenvalue weighted by Gasteiger charge is -2.07. The second-order valence-electron chi connectivity index (χ2n) is 4.76. The largest absolute Gasteiger partial charge is 0.298 e. The van der Waals surface area contributed by atoms with Gasteiger partial charge in [-0.2, -0.15) is 5.26 Å². The van der Waals surface area contributed by atoms with Gasteiger partial charge in [-0.15, -0.1) is 0 Å². The summed E-state index contributed by atoms with van der Waals surface area (Å²) in [7, 11) is 0. The van der Waals surface area contributed by atoms with Crippen LogP contribution in [0.2, 0.25) is 5.02 Å². The van der Waals surface area contributed by atoms with Crippen LogP contribution in [0.25, 0.3) is 0 Å². The fraction of sp³-hybridized carbons (Fsp3) is 0.235. The van der Waals surface area contributed by atoms with E-state index in [2.05, 4.69) is 4.98 Å². The third-order valence-corrected chi connectivity index (χ3v) is 3.49. The van der Waals surface area contributed by atoms with Gasteiger partial charge in [-0.25, -0.2) is 0 Å². The summed E-state index contributed by atoms with van der Waals surface area (Å²) in [5, 5.41) is 9.87. The summed E-state index contributed by atoms with van der Waals surface area (Å²) in [6.07, 6.45) is 3.48. The van der Waals surface area contributed by atoms with Crippen molar-refractivity contribution in [3.8, 4) is 6.07 Å². The molecule has 1 atom stereocenters. The number of hydrogen-bond donors (Lipinski definition) is 0. The first-order valence-electron chi connectivity index (χ1n) is 6.78. The monoisotopic (exact) mass is 298 g/mol. The van der Waals surface area contributed by atoms with Crippen molar-refractivity contribution in [3.63, 3.8) is 0 Å². The first-order chi connectivity index (χ1) is 10.2. The van der Waals surface area contributed by atoms with E-state index in [1.807, 2.05) is 30.3 Å². The molecule has 0 saturated heterocycles. The Bertz CT molecular complexity index is 632. The van der Waals surface area contributed by atoms with E-state index in [1.54, 1.807) is 24.4 Å². The summed E-state index contributed by atoms with van der Waals surface area (Å²) in [4.78, 5) is 16.2. The number of nitriles is 1. The Morgan fingerprint density at radius 2 is 2.00 bits per heavy atom. The van der Waals surface area contributed by atoms with Crippen LogP contribution in [0.5, 0.6) is 0 Å². The number of Topliss-reactive ketones (excluding diaryl/α,β-unsaturated/α-hetero) is 1. The number of aromatic nitrogens is 1. The van der Waals surface area contributed by atoms with Crippen molar-refractivity contribution in [2.24, 2.45) is 0 Å². The maximum atomic E-state index is 12.1. The topological polar surface area (TPSA) is 53.8 Å². The fourth-order valence-corrected chi connectivity index (χ4v) is 2.24. The molecule has 0 radical (unpaired) electrons. The zero-order valence-corrected chi connectivity index (χ0v) is 12.3. The molecule has 0 bridgehead atoms. The predicted molar refractivity (Wildman–Crippen MR) is 82.0 cm³/mol. The van der Waals surface area contributed by atoms with Gasteiger partial charge < -0.3 is 0 Å².